The molecule has 4 aromatic carbocycles. The highest BCUT2D eigenvalue weighted by Crippen LogP contribution is 2.34. The molecule has 5 rings (SSSR count). The molecule has 8 heteroatoms. The van der Waals surface area contributed by atoms with Crippen LogP contribution in [0.15, 0.2) is 94.9 Å². The number of aliphatic imine (C=N–C) groups is 2. The largest absolute Gasteiger partial charge is 0.269 e. The molecular weight excluding hydrogens is 408 g/mol. The van der Waals surface area contributed by atoms with Crippen molar-refractivity contribution in [2.45, 2.75) is 0 Å². The average molecular weight is 422 g/mol. The van der Waals surface area contributed by atoms with Crippen LogP contribution in [0, 0.1) is 20.2 Å². The van der Waals surface area contributed by atoms with Crippen molar-refractivity contribution in [3.63, 3.8) is 0 Å². The lowest BCUT2D eigenvalue weighted by atomic mass is 10.1. The van der Waals surface area contributed by atoms with Gasteiger partial charge in [-0.05, 0) is 29.7 Å². The molecule has 1 aliphatic carbocycles. The quantitative estimate of drug-likeness (QED) is 0.300. The van der Waals surface area contributed by atoms with Crippen molar-refractivity contribution in [3.8, 4) is 0 Å². The minimum atomic E-state index is -0.454. The second-order valence-electron chi connectivity index (χ2n) is 7.18. The third-order valence-electron chi connectivity index (χ3n) is 5.24. The summed E-state index contributed by atoms with van der Waals surface area (Å²) in [6.45, 7) is 0. The van der Waals surface area contributed by atoms with E-state index in [9.17, 15) is 20.2 Å². The highest BCUT2D eigenvalue weighted by molar-refractivity contribution is 6.61. The van der Waals surface area contributed by atoms with Crippen LogP contribution in [0.4, 0.5) is 22.7 Å². The van der Waals surface area contributed by atoms with Crippen LogP contribution in [0.5, 0.6) is 0 Å². The maximum absolute atomic E-state index is 11.0. The van der Waals surface area contributed by atoms with Crippen LogP contribution in [0.1, 0.15) is 11.1 Å². The Kier molecular flexibility index (Phi) is 4.52. The van der Waals surface area contributed by atoms with Crippen molar-refractivity contribution in [1.82, 2.24) is 0 Å². The molecule has 0 aromatic heterocycles. The van der Waals surface area contributed by atoms with Gasteiger partial charge in [0.05, 0.1) is 32.6 Å². The average Bonchev–Trinajstić information content (AvgIpc) is 3.09. The van der Waals surface area contributed by atoms with Gasteiger partial charge in [0.1, 0.15) is 0 Å². The Morgan fingerprint density at radius 2 is 0.969 bits per heavy atom. The van der Waals surface area contributed by atoms with E-state index in [0.717, 1.165) is 21.9 Å². The van der Waals surface area contributed by atoms with E-state index >= 15 is 0 Å². The first-order chi connectivity index (χ1) is 15.5. The van der Waals surface area contributed by atoms with Gasteiger partial charge in [0.15, 0.2) is 0 Å². The van der Waals surface area contributed by atoms with E-state index in [0.29, 0.717) is 22.8 Å². The van der Waals surface area contributed by atoms with Gasteiger partial charge in [0.25, 0.3) is 11.4 Å². The van der Waals surface area contributed by atoms with E-state index in [1.54, 1.807) is 24.3 Å². The number of rotatable bonds is 4. The molecule has 32 heavy (non-hydrogen) atoms. The Balaban J connectivity index is 1.68. The van der Waals surface area contributed by atoms with Gasteiger partial charge in [-0.15, -0.1) is 0 Å². The molecule has 0 unspecified atom stereocenters. The maximum Gasteiger partial charge on any atom is 0.269 e. The van der Waals surface area contributed by atoms with Gasteiger partial charge in [0, 0.05) is 40.8 Å². The Hall–Kier alpha value is -4.72. The highest BCUT2D eigenvalue weighted by Gasteiger charge is 2.27. The second kappa shape index (κ2) is 7.51. The summed E-state index contributed by atoms with van der Waals surface area (Å²) in [6.07, 6.45) is 0. The van der Waals surface area contributed by atoms with E-state index in [2.05, 4.69) is 0 Å². The first-order valence-electron chi connectivity index (χ1n) is 9.70. The molecule has 8 nitrogen and oxygen atoms in total. The Morgan fingerprint density at radius 1 is 0.562 bits per heavy atom. The molecule has 4 aromatic rings. The van der Waals surface area contributed by atoms with Gasteiger partial charge < -0.3 is 0 Å². The lowest BCUT2D eigenvalue weighted by molar-refractivity contribution is -0.385. The maximum atomic E-state index is 11.0. The molecule has 0 radical (unpaired) electrons. The van der Waals surface area contributed by atoms with Crippen molar-refractivity contribution < 1.29 is 9.85 Å². The molecule has 154 valence electrons. The summed E-state index contributed by atoms with van der Waals surface area (Å²) < 4.78 is 0. The normalized spacial score (nSPS) is 14.9. The lowest BCUT2D eigenvalue weighted by Gasteiger charge is -2.04. The third kappa shape index (κ3) is 3.29. The van der Waals surface area contributed by atoms with E-state index in [1.165, 1.54) is 24.3 Å². The van der Waals surface area contributed by atoms with E-state index in [4.69, 9.17) is 9.98 Å². The number of hydrogen-bond donors (Lipinski definition) is 0. The Bertz CT molecular complexity index is 1350. The van der Waals surface area contributed by atoms with Crippen molar-refractivity contribution >= 4 is 44.9 Å². The molecule has 0 fully saturated rings. The summed E-state index contributed by atoms with van der Waals surface area (Å²) in [6, 6.07) is 23.9. The molecule has 0 spiro atoms. The SMILES string of the molecule is O=[N+]([O-])c1ccc(N=C2C(=Nc3ccc([N+](=O)[O-])cc3)c3cccc4cccc2c34)cc1. The number of nitrogens with zero attached hydrogens (tertiary/aromatic N) is 4. The summed E-state index contributed by atoms with van der Waals surface area (Å²) >= 11 is 0. The van der Waals surface area contributed by atoms with Crippen LogP contribution in [-0.4, -0.2) is 21.3 Å². The van der Waals surface area contributed by atoms with Crippen molar-refractivity contribution in [3.05, 3.63) is 116 Å². The van der Waals surface area contributed by atoms with E-state index < -0.39 is 9.85 Å². The zero-order valence-corrected chi connectivity index (χ0v) is 16.5. The molecule has 0 atom stereocenters. The summed E-state index contributed by atoms with van der Waals surface area (Å²) in [4.78, 5) is 30.6. The molecule has 0 N–H and O–H groups in total. The molecule has 0 saturated heterocycles. The molecule has 1 aliphatic rings. The zero-order chi connectivity index (χ0) is 22.2. The van der Waals surface area contributed by atoms with Gasteiger partial charge in [0.2, 0.25) is 0 Å². The third-order valence-corrected chi connectivity index (χ3v) is 5.24. The summed E-state index contributed by atoms with van der Waals surface area (Å²) in [5.41, 5.74) is 4.22. The van der Waals surface area contributed by atoms with Crippen LogP contribution < -0.4 is 0 Å². The zero-order valence-electron chi connectivity index (χ0n) is 16.5. The standard InChI is InChI=1S/C24H14N4O4/c29-27(30)18-11-7-16(8-12-18)25-23-20-5-1-3-15-4-2-6-21(22(15)20)24(23)26-17-9-13-19(14-10-17)28(31)32/h1-14H. The van der Waals surface area contributed by atoms with Crippen LogP contribution >= 0.6 is 0 Å². The van der Waals surface area contributed by atoms with Gasteiger partial charge in [-0.25, -0.2) is 9.98 Å². The summed E-state index contributed by atoms with van der Waals surface area (Å²) in [7, 11) is 0. The molecular formula is C24H14N4O4. The fourth-order valence-corrected chi connectivity index (χ4v) is 3.77. The molecule has 0 heterocycles. The van der Waals surface area contributed by atoms with Crippen LogP contribution in [0.25, 0.3) is 10.8 Å². The van der Waals surface area contributed by atoms with Crippen molar-refractivity contribution in [2.24, 2.45) is 9.98 Å². The summed E-state index contributed by atoms with van der Waals surface area (Å²) in [5.74, 6) is 0. The van der Waals surface area contributed by atoms with Gasteiger partial charge in [-0.2, -0.15) is 0 Å². The number of non-ortho nitro benzene ring substituents is 2. The smallest absolute Gasteiger partial charge is 0.258 e. The predicted molar refractivity (Wildman–Crippen MR) is 123 cm³/mol. The number of benzene rings is 4. The van der Waals surface area contributed by atoms with Gasteiger partial charge >= 0.3 is 0 Å². The van der Waals surface area contributed by atoms with Gasteiger partial charge in [-0.1, -0.05) is 36.4 Å². The monoisotopic (exact) mass is 422 g/mol. The molecule has 0 aliphatic heterocycles. The number of hydrogen-bond acceptors (Lipinski definition) is 6. The fourth-order valence-electron chi connectivity index (χ4n) is 3.77. The van der Waals surface area contributed by atoms with Crippen LogP contribution in [0.3, 0.4) is 0 Å². The summed E-state index contributed by atoms with van der Waals surface area (Å²) in [5, 5.41) is 24.0. The van der Waals surface area contributed by atoms with Gasteiger partial charge in [-0.3, -0.25) is 20.2 Å². The first-order valence-corrected chi connectivity index (χ1v) is 9.70. The predicted octanol–water partition coefficient (Wildman–Crippen LogP) is 5.91. The molecule has 0 bridgehead atoms. The van der Waals surface area contributed by atoms with Crippen LogP contribution in [0.2, 0.25) is 0 Å². The second-order valence-corrected chi connectivity index (χ2v) is 7.18. The minimum Gasteiger partial charge on any atom is -0.258 e. The fraction of sp³-hybridized carbons (Fsp3) is 0. The van der Waals surface area contributed by atoms with Crippen molar-refractivity contribution in [1.29, 1.82) is 0 Å². The first kappa shape index (κ1) is 19.3. The highest BCUT2D eigenvalue weighted by atomic mass is 16.6. The molecule has 0 amide bonds. The van der Waals surface area contributed by atoms with E-state index in [-0.39, 0.29) is 11.4 Å². The topological polar surface area (TPSA) is 111 Å². The lowest BCUT2D eigenvalue weighted by Crippen LogP contribution is -2.10. The number of nitro benzene ring substituents is 2. The number of nitro groups is 2. The molecule has 0 saturated carbocycles. The van der Waals surface area contributed by atoms with Crippen LogP contribution in [-0.2, 0) is 0 Å². The van der Waals surface area contributed by atoms with E-state index in [1.807, 2.05) is 36.4 Å². The minimum absolute atomic E-state index is 0.00877. The Labute approximate surface area is 181 Å². The Morgan fingerprint density at radius 3 is 1.34 bits per heavy atom. The van der Waals surface area contributed by atoms with Crippen molar-refractivity contribution in [2.75, 3.05) is 0 Å².